The highest BCUT2D eigenvalue weighted by Crippen LogP contribution is 2.44. The number of rotatable bonds is 3. The molecule has 0 heterocycles. The van der Waals surface area contributed by atoms with Crippen molar-refractivity contribution in [3.8, 4) is 0 Å². The van der Waals surface area contributed by atoms with E-state index in [-0.39, 0.29) is 17.8 Å². The molecule has 0 unspecified atom stereocenters. The minimum absolute atomic E-state index is 0.0575. The summed E-state index contributed by atoms with van der Waals surface area (Å²) < 4.78 is 4.66. The highest BCUT2D eigenvalue weighted by molar-refractivity contribution is 5.86. The first kappa shape index (κ1) is 12.1. The van der Waals surface area contributed by atoms with Crippen LogP contribution in [0.5, 0.6) is 0 Å². The molecule has 4 heteroatoms. The molecule has 0 N–H and O–H groups in total. The fraction of sp³-hybridized carbons (Fsp3) is 0.692. The topological polar surface area (TPSA) is 46.6 Å². The molecule has 4 nitrogen and oxygen atoms in total. The van der Waals surface area contributed by atoms with Gasteiger partial charge in [0.25, 0.3) is 0 Å². The van der Waals surface area contributed by atoms with Crippen molar-refractivity contribution in [2.45, 2.75) is 25.8 Å². The van der Waals surface area contributed by atoms with E-state index < -0.39 is 6.04 Å². The number of hydrogen-bond acceptors (Lipinski definition) is 3. The van der Waals surface area contributed by atoms with Gasteiger partial charge in [0.05, 0.1) is 7.11 Å². The fourth-order valence-electron chi connectivity index (χ4n) is 2.85. The first-order valence-electron chi connectivity index (χ1n) is 6.07. The second kappa shape index (κ2) is 4.51. The van der Waals surface area contributed by atoms with E-state index in [0.29, 0.717) is 11.8 Å². The van der Waals surface area contributed by atoms with E-state index in [0.717, 1.165) is 12.8 Å². The maximum atomic E-state index is 12.3. The van der Waals surface area contributed by atoms with E-state index >= 15 is 0 Å². The van der Waals surface area contributed by atoms with E-state index in [2.05, 4.69) is 16.9 Å². The molecule has 1 saturated carbocycles. The van der Waals surface area contributed by atoms with Gasteiger partial charge in [0.2, 0.25) is 5.91 Å². The number of likely N-dealkylation sites (N-methyl/N-ethyl adjacent to an activating group) is 1. The van der Waals surface area contributed by atoms with Crippen molar-refractivity contribution in [2.75, 3.05) is 14.2 Å². The predicted molar refractivity (Wildman–Crippen MR) is 63.1 cm³/mol. The van der Waals surface area contributed by atoms with Gasteiger partial charge in [0, 0.05) is 13.0 Å². The van der Waals surface area contributed by atoms with Gasteiger partial charge in [-0.05, 0) is 31.6 Å². The summed E-state index contributed by atoms with van der Waals surface area (Å²) >= 11 is 0. The van der Waals surface area contributed by atoms with Crippen LogP contribution < -0.4 is 0 Å². The fourth-order valence-corrected chi connectivity index (χ4v) is 2.85. The number of fused-ring (bicyclic) bond motifs is 2. The van der Waals surface area contributed by atoms with Crippen molar-refractivity contribution in [3.63, 3.8) is 0 Å². The Morgan fingerprint density at radius 2 is 2.06 bits per heavy atom. The third-order valence-corrected chi connectivity index (χ3v) is 4.07. The molecule has 1 amide bonds. The lowest BCUT2D eigenvalue weighted by Crippen LogP contribution is -2.44. The van der Waals surface area contributed by atoms with E-state index in [1.165, 1.54) is 12.0 Å². The molecule has 94 valence electrons. The van der Waals surface area contributed by atoms with E-state index in [4.69, 9.17) is 0 Å². The zero-order chi connectivity index (χ0) is 12.6. The van der Waals surface area contributed by atoms with Crippen LogP contribution >= 0.6 is 0 Å². The minimum Gasteiger partial charge on any atom is -0.467 e. The lowest BCUT2D eigenvalue weighted by atomic mass is 9.92. The first-order valence-corrected chi connectivity index (χ1v) is 6.07. The average Bonchev–Trinajstić information content (AvgIpc) is 2.97. The number of allylic oxidation sites excluding steroid dienone is 2. The molecule has 0 aromatic rings. The molecular formula is C13H19NO3. The van der Waals surface area contributed by atoms with Crippen LogP contribution in [-0.2, 0) is 14.3 Å². The van der Waals surface area contributed by atoms with Crippen LogP contribution in [0.15, 0.2) is 12.2 Å². The summed E-state index contributed by atoms with van der Waals surface area (Å²) in [5.41, 5.74) is 0. The zero-order valence-corrected chi connectivity index (χ0v) is 10.6. The first-order chi connectivity index (χ1) is 8.04. The average molecular weight is 237 g/mol. The van der Waals surface area contributed by atoms with Crippen molar-refractivity contribution in [3.05, 3.63) is 12.2 Å². The predicted octanol–water partition coefficient (Wildman–Crippen LogP) is 1.22. The van der Waals surface area contributed by atoms with Crippen LogP contribution in [0.4, 0.5) is 0 Å². The quantitative estimate of drug-likeness (QED) is 0.547. The summed E-state index contributed by atoms with van der Waals surface area (Å²) in [4.78, 5) is 25.2. The molecule has 0 aliphatic heterocycles. The Morgan fingerprint density at radius 3 is 2.53 bits per heavy atom. The largest absolute Gasteiger partial charge is 0.467 e. The smallest absolute Gasteiger partial charge is 0.328 e. The van der Waals surface area contributed by atoms with Crippen molar-refractivity contribution < 1.29 is 14.3 Å². The molecule has 0 radical (unpaired) electrons. The summed E-state index contributed by atoms with van der Waals surface area (Å²) in [6.45, 7) is 1.70. The van der Waals surface area contributed by atoms with Gasteiger partial charge in [0.15, 0.2) is 0 Å². The Kier molecular flexibility index (Phi) is 3.22. The van der Waals surface area contributed by atoms with Gasteiger partial charge in [-0.25, -0.2) is 4.79 Å². The zero-order valence-electron chi connectivity index (χ0n) is 10.6. The number of methoxy groups -OCH3 is 1. The molecule has 2 bridgehead atoms. The third kappa shape index (κ3) is 2.08. The summed E-state index contributed by atoms with van der Waals surface area (Å²) in [6.07, 6.45) is 6.38. The molecule has 0 spiro atoms. The SMILES string of the molecule is COC(=O)[C@H](C)N(C)C(=O)[C@H]1C[C@H]2C=C[C@@H]1C2. The number of amides is 1. The van der Waals surface area contributed by atoms with Crippen LogP contribution in [-0.4, -0.2) is 37.0 Å². The number of hydrogen-bond donors (Lipinski definition) is 0. The summed E-state index contributed by atoms with van der Waals surface area (Å²) in [5, 5.41) is 0. The van der Waals surface area contributed by atoms with Crippen LogP contribution in [0, 0.1) is 17.8 Å². The number of nitrogens with zero attached hydrogens (tertiary/aromatic N) is 1. The van der Waals surface area contributed by atoms with Gasteiger partial charge >= 0.3 is 5.97 Å². The normalized spacial score (nSPS) is 31.4. The van der Waals surface area contributed by atoms with E-state index in [9.17, 15) is 9.59 Å². The highest BCUT2D eigenvalue weighted by Gasteiger charge is 2.42. The van der Waals surface area contributed by atoms with E-state index in [1.807, 2.05) is 0 Å². The van der Waals surface area contributed by atoms with Crippen LogP contribution in [0.1, 0.15) is 19.8 Å². The van der Waals surface area contributed by atoms with Gasteiger partial charge in [-0.3, -0.25) is 4.79 Å². The second-order valence-corrected chi connectivity index (χ2v) is 5.04. The maximum absolute atomic E-state index is 12.3. The van der Waals surface area contributed by atoms with Crippen molar-refractivity contribution in [1.29, 1.82) is 0 Å². The molecule has 4 atom stereocenters. The van der Waals surface area contributed by atoms with Crippen molar-refractivity contribution in [1.82, 2.24) is 4.90 Å². The van der Waals surface area contributed by atoms with Crippen LogP contribution in [0.25, 0.3) is 0 Å². The molecule has 0 aromatic heterocycles. The number of carbonyl (C=O) groups excluding carboxylic acids is 2. The molecule has 2 rings (SSSR count). The second-order valence-electron chi connectivity index (χ2n) is 5.04. The molecule has 0 saturated heterocycles. The standard InChI is InChI=1S/C13H19NO3/c1-8(13(16)17-3)14(2)12(15)11-7-9-4-5-10(11)6-9/h4-5,8-11H,6-7H2,1-3H3/t8-,9-,10+,11-/m0/s1. The van der Waals surface area contributed by atoms with Gasteiger partial charge in [-0.2, -0.15) is 0 Å². The molecule has 1 fully saturated rings. The Bertz CT molecular complexity index is 364. The van der Waals surface area contributed by atoms with Crippen molar-refractivity contribution in [2.24, 2.45) is 17.8 Å². The number of esters is 1. The Morgan fingerprint density at radius 1 is 1.35 bits per heavy atom. The van der Waals surface area contributed by atoms with Crippen LogP contribution in [0.2, 0.25) is 0 Å². The van der Waals surface area contributed by atoms with Gasteiger partial charge < -0.3 is 9.64 Å². The molecule has 2 aliphatic carbocycles. The maximum Gasteiger partial charge on any atom is 0.328 e. The minimum atomic E-state index is -0.504. The third-order valence-electron chi connectivity index (χ3n) is 4.07. The Balaban J connectivity index is 2.00. The summed E-state index contributed by atoms with van der Waals surface area (Å²) in [5.74, 6) is 0.706. The van der Waals surface area contributed by atoms with Crippen molar-refractivity contribution >= 4 is 11.9 Å². The van der Waals surface area contributed by atoms with Gasteiger partial charge in [-0.15, -0.1) is 0 Å². The molecule has 2 aliphatic rings. The summed E-state index contributed by atoms with van der Waals surface area (Å²) in [7, 11) is 3.02. The molecule has 0 aromatic carbocycles. The molecule has 17 heavy (non-hydrogen) atoms. The van der Waals surface area contributed by atoms with Gasteiger partial charge in [-0.1, -0.05) is 12.2 Å². The Hall–Kier alpha value is -1.32. The molecular weight excluding hydrogens is 218 g/mol. The summed E-state index contributed by atoms with van der Waals surface area (Å²) in [6, 6.07) is -0.504. The lowest BCUT2D eigenvalue weighted by molar-refractivity contribution is -0.152. The van der Waals surface area contributed by atoms with E-state index in [1.54, 1.807) is 14.0 Å². The monoisotopic (exact) mass is 237 g/mol. The lowest BCUT2D eigenvalue weighted by Gasteiger charge is -2.28. The highest BCUT2D eigenvalue weighted by atomic mass is 16.5. The number of carbonyl (C=O) groups is 2. The Labute approximate surface area is 102 Å². The van der Waals surface area contributed by atoms with Crippen LogP contribution in [0.3, 0.4) is 0 Å². The number of ether oxygens (including phenoxy) is 1. The van der Waals surface area contributed by atoms with Gasteiger partial charge in [0.1, 0.15) is 6.04 Å².